The topological polar surface area (TPSA) is 55.4 Å². The minimum atomic E-state index is -0.367. The van der Waals surface area contributed by atoms with E-state index in [1.807, 2.05) is 0 Å². The molecule has 0 atom stereocenters. The zero-order valence-corrected chi connectivity index (χ0v) is 9.24. The molecule has 0 bridgehead atoms. The Kier molecular flexibility index (Phi) is 3.83. The molecule has 0 aromatic heterocycles. The van der Waals surface area contributed by atoms with E-state index in [0.29, 0.717) is 11.4 Å². The maximum Gasteiger partial charge on any atom is 0.308 e. The standard InChI is InChI=1S/C12H13NO3/c1-8(13-9(2)14)11-4-6-12(7-5-11)16-10(3)15/h4-7H,1H2,2-3H3,(H,13,14). The normalized spacial score (nSPS) is 9.38. The zero-order valence-electron chi connectivity index (χ0n) is 9.24. The van der Waals surface area contributed by atoms with E-state index in [2.05, 4.69) is 11.9 Å². The van der Waals surface area contributed by atoms with Crippen molar-refractivity contribution in [1.29, 1.82) is 0 Å². The van der Waals surface area contributed by atoms with Crippen molar-refractivity contribution in [3.63, 3.8) is 0 Å². The molecule has 1 aromatic carbocycles. The second-order valence-electron chi connectivity index (χ2n) is 3.28. The van der Waals surface area contributed by atoms with Gasteiger partial charge in [0.15, 0.2) is 0 Å². The third-order valence-electron chi connectivity index (χ3n) is 1.79. The molecule has 0 aliphatic rings. The second kappa shape index (κ2) is 5.11. The highest BCUT2D eigenvalue weighted by molar-refractivity contribution is 5.84. The first-order chi connectivity index (χ1) is 7.49. The van der Waals surface area contributed by atoms with Crippen LogP contribution in [0.2, 0.25) is 0 Å². The van der Waals surface area contributed by atoms with Crippen LogP contribution in [0, 0.1) is 0 Å². The summed E-state index contributed by atoms with van der Waals surface area (Å²) in [7, 11) is 0. The number of ether oxygens (including phenoxy) is 1. The number of carbonyl (C=O) groups excluding carboxylic acids is 2. The Bertz CT molecular complexity index is 420. The van der Waals surface area contributed by atoms with Gasteiger partial charge >= 0.3 is 5.97 Å². The molecule has 0 fully saturated rings. The number of amides is 1. The van der Waals surface area contributed by atoms with E-state index in [-0.39, 0.29) is 11.9 Å². The summed E-state index contributed by atoms with van der Waals surface area (Å²) in [6.45, 7) is 6.47. The van der Waals surface area contributed by atoms with Gasteiger partial charge in [-0.3, -0.25) is 9.59 Å². The summed E-state index contributed by atoms with van der Waals surface area (Å²) in [6, 6.07) is 6.72. The lowest BCUT2D eigenvalue weighted by Crippen LogP contribution is -2.17. The third-order valence-corrected chi connectivity index (χ3v) is 1.79. The molecule has 1 amide bonds. The van der Waals surface area contributed by atoms with Crippen LogP contribution in [0.3, 0.4) is 0 Å². The summed E-state index contributed by atoms with van der Waals surface area (Å²) in [6.07, 6.45) is 0. The van der Waals surface area contributed by atoms with Gasteiger partial charge in [0, 0.05) is 19.5 Å². The minimum absolute atomic E-state index is 0.172. The molecule has 1 rings (SSSR count). The highest BCUT2D eigenvalue weighted by atomic mass is 16.5. The molecule has 4 heteroatoms. The molecule has 84 valence electrons. The van der Waals surface area contributed by atoms with Crippen LogP contribution in [0.25, 0.3) is 5.70 Å². The Balaban J connectivity index is 2.74. The van der Waals surface area contributed by atoms with Gasteiger partial charge in [-0.1, -0.05) is 6.58 Å². The van der Waals surface area contributed by atoms with Crippen molar-refractivity contribution in [1.82, 2.24) is 5.32 Å². The van der Waals surface area contributed by atoms with Gasteiger partial charge in [-0.15, -0.1) is 0 Å². The second-order valence-corrected chi connectivity index (χ2v) is 3.28. The third kappa shape index (κ3) is 3.57. The Labute approximate surface area is 93.9 Å². The van der Waals surface area contributed by atoms with Gasteiger partial charge in [0.2, 0.25) is 5.91 Å². The number of esters is 1. The van der Waals surface area contributed by atoms with Gasteiger partial charge < -0.3 is 10.1 Å². The van der Waals surface area contributed by atoms with Crippen molar-refractivity contribution in [2.75, 3.05) is 0 Å². The lowest BCUT2D eigenvalue weighted by atomic mass is 10.1. The van der Waals surface area contributed by atoms with Crippen molar-refractivity contribution in [2.45, 2.75) is 13.8 Å². The Morgan fingerprint density at radius 2 is 1.75 bits per heavy atom. The molecular weight excluding hydrogens is 206 g/mol. The summed E-state index contributed by atoms with van der Waals surface area (Å²) in [5.74, 6) is -0.0747. The number of carbonyl (C=O) groups is 2. The molecule has 0 aliphatic carbocycles. The summed E-state index contributed by atoms with van der Waals surface area (Å²) < 4.78 is 4.87. The molecule has 0 radical (unpaired) electrons. The molecule has 1 aromatic rings. The van der Waals surface area contributed by atoms with E-state index in [9.17, 15) is 9.59 Å². The van der Waals surface area contributed by atoms with Gasteiger partial charge in [-0.2, -0.15) is 0 Å². The highest BCUT2D eigenvalue weighted by Gasteiger charge is 2.02. The fourth-order valence-electron chi connectivity index (χ4n) is 1.17. The van der Waals surface area contributed by atoms with Crippen LogP contribution < -0.4 is 10.1 Å². The summed E-state index contributed by atoms with van der Waals surface area (Å²) in [5, 5.41) is 2.58. The molecule has 0 saturated heterocycles. The first kappa shape index (κ1) is 12.0. The van der Waals surface area contributed by atoms with Crippen LogP contribution in [0.1, 0.15) is 19.4 Å². The SMILES string of the molecule is C=C(NC(C)=O)c1ccc(OC(C)=O)cc1. The number of benzene rings is 1. The lowest BCUT2D eigenvalue weighted by molar-refractivity contribution is -0.131. The Hall–Kier alpha value is -2.10. The first-order valence-electron chi connectivity index (χ1n) is 4.74. The largest absolute Gasteiger partial charge is 0.427 e. The monoisotopic (exact) mass is 219 g/mol. The molecule has 0 heterocycles. The van der Waals surface area contributed by atoms with Gasteiger partial charge in [0.05, 0.1) is 0 Å². The Morgan fingerprint density at radius 1 is 1.19 bits per heavy atom. The quantitative estimate of drug-likeness (QED) is 0.622. The van der Waals surface area contributed by atoms with Crippen molar-refractivity contribution >= 4 is 17.6 Å². The summed E-state index contributed by atoms with van der Waals surface area (Å²) >= 11 is 0. The van der Waals surface area contributed by atoms with Gasteiger partial charge in [-0.25, -0.2) is 0 Å². The fourth-order valence-corrected chi connectivity index (χ4v) is 1.17. The van der Waals surface area contributed by atoms with Crippen LogP contribution in [-0.4, -0.2) is 11.9 Å². The van der Waals surface area contributed by atoms with E-state index in [1.54, 1.807) is 24.3 Å². The lowest BCUT2D eigenvalue weighted by Gasteiger charge is -2.07. The molecule has 0 aliphatic heterocycles. The number of rotatable bonds is 3. The Morgan fingerprint density at radius 3 is 2.19 bits per heavy atom. The van der Waals surface area contributed by atoms with Gasteiger partial charge in [0.1, 0.15) is 5.75 Å². The summed E-state index contributed by atoms with van der Waals surface area (Å²) in [4.78, 5) is 21.5. The van der Waals surface area contributed by atoms with E-state index in [4.69, 9.17) is 4.74 Å². The predicted octanol–water partition coefficient (Wildman–Crippen LogP) is 1.72. The molecule has 0 unspecified atom stereocenters. The van der Waals surface area contributed by atoms with Crippen molar-refractivity contribution in [2.24, 2.45) is 0 Å². The summed E-state index contributed by atoms with van der Waals surface area (Å²) in [5.41, 5.74) is 1.29. The van der Waals surface area contributed by atoms with Gasteiger partial charge in [0.25, 0.3) is 0 Å². The van der Waals surface area contributed by atoms with Crippen molar-refractivity contribution in [3.05, 3.63) is 36.4 Å². The fraction of sp³-hybridized carbons (Fsp3) is 0.167. The number of nitrogens with one attached hydrogen (secondary N) is 1. The molecule has 0 spiro atoms. The average molecular weight is 219 g/mol. The van der Waals surface area contributed by atoms with Crippen LogP contribution >= 0.6 is 0 Å². The maximum absolute atomic E-state index is 10.8. The first-order valence-corrected chi connectivity index (χ1v) is 4.74. The predicted molar refractivity (Wildman–Crippen MR) is 60.6 cm³/mol. The van der Waals surface area contributed by atoms with Crippen molar-refractivity contribution < 1.29 is 14.3 Å². The highest BCUT2D eigenvalue weighted by Crippen LogP contribution is 2.16. The van der Waals surface area contributed by atoms with Crippen LogP contribution in [0.4, 0.5) is 0 Å². The number of hydrogen-bond donors (Lipinski definition) is 1. The average Bonchev–Trinajstić information content (AvgIpc) is 2.16. The van der Waals surface area contributed by atoms with Crippen LogP contribution in [0.5, 0.6) is 5.75 Å². The minimum Gasteiger partial charge on any atom is -0.427 e. The molecule has 4 nitrogen and oxygen atoms in total. The molecule has 0 saturated carbocycles. The molecular formula is C12H13NO3. The van der Waals surface area contributed by atoms with Crippen molar-refractivity contribution in [3.8, 4) is 5.75 Å². The molecule has 1 N–H and O–H groups in total. The van der Waals surface area contributed by atoms with E-state index >= 15 is 0 Å². The van der Waals surface area contributed by atoms with Crippen LogP contribution in [-0.2, 0) is 9.59 Å². The van der Waals surface area contributed by atoms with E-state index in [0.717, 1.165) is 5.56 Å². The van der Waals surface area contributed by atoms with Crippen LogP contribution in [0.15, 0.2) is 30.8 Å². The molecule has 16 heavy (non-hydrogen) atoms. The van der Waals surface area contributed by atoms with E-state index < -0.39 is 0 Å². The number of hydrogen-bond acceptors (Lipinski definition) is 3. The van der Waals surface area contributed by atoms with Gasteiger partial charge in [-0.05, 0) is 29.8 Å². The zero-order chi connectivity index (χ0) is 12.1. The smallest absolute Gasteiger partial charge is 0.308 e. The maximum atomic E-state index is 10.8. The van der Waals surface area contributed by atoms with E-state index in [1.165, 1.54) is 13.8 Å².